The van der Waals surface area contributed by atoms with Gasteiger partial charge >= 0.3 is 0 Å². The number of thiophene rings is 1. The summed E-state index contributed by atoms with van der Waals surface area (Å²) in [4.78, 5) is 23.8. The standard InChI is InChI=1S/C14H9NO2S/c16-13(9-5-6-18-8-9)7-11-10-3-1-2-4-12(10)15-14(11)17/h1-8H,(H,15,17)/b11-7-. The summed E-state index contributed by atoms with van der Waals surface area (Å²) in [6, 6.07) is 9.11. The third-order valence-corrected chi connectivity index (χ3v) is 3.47. The van der Waals surface area contributed by atoms with Gasteiger partial charge in [0.1, 0.15) is 0 Å². The molecule has 88 valence electrons. The Hall–Kier alpha value is -2.20. The molecule has 3 rings (SSSR count). The lowest BCUT2D eigenvalue weighted by Gasteiger charge is -1.96. The van der Waals surface area contributed by atoms with E-state index in [9.17, 15) is 9.59 Å². The molecule has 0 unspecified atom stereocenters. The zero-order valence-corrected chi connectivity index (χ0v) is 10.2. The fraction of sp³-hybridized carbons (Fsp3) is 0. The Bertz CT molecular complexity index is 656. The molecule has 0 spiro atoms. The first-order valence-electron chi connectivity index (χ1n) is 5.45. The van der Waals surface area contributed by atoms with Crippen molar-refractivity contribution in [2.75, 3.05) is 5.32 Å². The van der Waals surface area contributed by atoms with Crippen LogP contribution in [0.3, 0.4) is 0 Å². The molecule has 4 heteroatoms. The topological polar surface area (TPSA) is 46.2 Å². The van der Waals surface area contributed by atoms with Gasteiger partial charge < -0.3 is 5.32 Å². The van der Waals surface area contributed by atoms with Crippen LogP contribution in [0.2, 0.25) is 0 Å². The molecular formula is C14H9NO2S. The molecular weight excluding hydrogens is 246 g/mol. The van der Waals surface area contributed by atoms with E-state index in [1.54, 1.807) is 11.4 Å². The first-order valence-corrected chi connectivity index (χ1v) is 6.39. The monoisotopic (exact) mass is 255 g/mol. The minimum absolute atomic E-state index is 0.141. The van der Waals surface area contributed by atoms with E-state index in [2.05, 4.69) is 5.32 Å². The van der Waals surface area contributed by atoms with Gasteiger partial charge in [-0.2, -0.15) is 11.3 Å². The summed E-state index contributed by atoms with van der Waals surface area (Å²) in [6.45, 7) is 0. The van der Waals surface area contributed by atoms with Crippen LogP contribution in [-0.4, -0.2) is 11.7 Å². The van der Waals surface area contributed by atoms with Crippen LogP contribution in [0.25, 0.3) is 5.57 Å². The van der Waals surface area contributed by atoms with E-state index in [4.69, 9.17) is 0 Å². The molecule has 1 aromatic heterocycles. The number of hydrogen-bond acceptors (Lipinski definition) is 3. The fourth-order valence-electron chi connectivity index (χ4n) is 1.90. The highest BCUT2D eigenvalue weighted by atomic mass is 32.1. The molecule has 0 aliphatic carbocycles. The number of carbonyl (C=O) groups excluding carboxylic acids is 2. The lowest BCUT2D eigenvalue weighted by atomic mass is 10.0. The molecule has 2 aromatic rings. The molecule has 1 N–H and O–H groups in total. The van der Waals surface area contributed by atoms with Gasteiger partial charge in [-0.1, -0.05) is 18.2 Å². The van der Waals surface area contributed by atoms with Gasteiger partial charge in [0.05, 0.1) is 5.57 Å². The second-order valence-corrected chi connectivity index (χ2v) is 4.71. The third-order valence-electron chi connectivity index (χ3n) is 2.79. The lowest BCUT2D eigenvalue weighted by Crippen LogP contribution is -2.05. The summed E-state index contributed by atoms with van der Waals surface area (Å²) >= 11 is 1.46. The van der Waals surface area contributed by atoms with Crippen molar-refractivity contribution in [2.45, 2.75) is 0 Å². The van der Waals surface area contributed by atoms with Crippen LogP contribution >= 0.6 is 11.3 Å². The normalized spacial score (nSPS) is 15.6. The largest absolute Gasteiger partial charge is 0.321 e. The van der Waals surface area contributed by atoms with Gasteiger partial charge in [-0.3, -0.25) is 9.59 Å². The van der Waals surface area contributed by atoms with Gasteiger partial charge in [-0.15, -0.1) is 0 Å². The van der Waals surface area contributed by atoms with Crippen molar-refractivity contribution in [1.82, 2.24) is 0 Å². The molecule has 1 amide bonds. The average molecular weight is 255 g/mol. The highest BCUT2D eigenvalue weighted by molar-refractivity contribution is 7.08. The number of rotatable bonds is 2. The molecule has 0 radical (unpaired) electrons. The number of amides is 1. The zero-order valence-electron chi connectivity index (χ0n) is 9.34. The molecule has 18 heavy (non-hydrogen) atoms. The van der Waals surface area contributed by atoms with Gasteiger partial charge in [0.15, 0.2) is 5.78 Å². The van der Waals surface area contributed by atoms with Crippen molar-refractivity contribution in [3.63, 3.8) is 0 Å². The Kier molecular flexibility index (Phi) is 2.57. The van der Waals surface area contributed by atoms with Crippen LogP contribution < -0.4 is 5.32 Å². The van der Waals surface area contributed by atoms with Crippen LogP contribution in [0.5, 0.6) is 0 Å². The summed E-state index contributed by atoms with van der Waals surface area (Å²) in [5, 5.41) is 6.36. The number of hydrogen-bond donors (Lipinski definition) is 1. The number of carbonyl (C=O) groups is 2. The van der Waals surface area contributed by atoms with E-state index in [-0.39, 0.29) is 11.7 Å². The number of para-hydroxylation sites is 1. The van der Waals surface area contributed by atoms with Crippen molar-refractivity contribution in [3.8, 4) is 0 Å². The second kappa shape index (κ2) is 4.23. The van der Waals surface area contributed by atoms with Crippen molar-refractivity contribution >= 4 is 34.3 Å². The van der Waals surface area contributed by atoms with E-state index in [1.807, 2.05) is 29.6 Å². The van der Waals surface area contributed by atoms with Crippen LogP contribution in [0.4, 0.5) is 5.69 Å². The van der Waals surface area contributed by atoms with Crippen LogP contribution in [0.15, 0.2) is 47.2 Å². The number of fused-ring (bicyclic) bond motifs is 1. The molecule has 1 aliphatic rings. The zero-order chi connectivity index (χ0) is 12.5. The summed E-state index contributed by atoms with van der Waals surface area (Å²) in [5.41, 5.74) is 2.59. The number of benzene rings is 1. The van der Waals surface area contributed by atoms with Crippen molar-refractivity contribution < 1.29 is 9.59 Å². The molecule has 1 aromatic carbocycles. The summed E-state index contributed by atoms with van der Waals surface area (Å²) in [6.07, 6.45) is 1.41. The first-order chi connectivity index (χ1) is 8.75. The van der Waals surface area contributed by atoms with Crippen LogP contribution in [0, 0.1) is 0 Å². The Balaban J connectivity index is 2.02. The van der Waals surface area contributed by atoms with Gasteiger partial charge in [0.25, 0.3) is 5.91 Å². The molecule has 0 atom stereocenters. The predicted octanol–water partition coefficient (Wildman–Crippen LogP) is 2.97. The van der Waals surface area contributed by atoms with Crippen LogP contribution in [-0.2, 0) is 4.79 Å². The molecule has 0 saturated carbocycles. The molecule has 0 saturated heterocycles. The number of anilines is 1. The summed E-state index contributed by atoms with van der Waals surface area (Å²) in [7, 11) is 0. The maximum atomic E-state index is 12.0. The Morgan fingerprint density at radius 1 is 1.22 bits per heavy atom. The average Bonchev–Trinajstić information content (AvgIpc) is 2.98. The Morgan fingerprint density at radius 2 is 2.06 bits per heavy atom. The predicted molar refractivity (Wildman–Crippen MR) is 71.7 cm³/mol. The SMILES string of the molecule is O=C1Nc2ccccc2/C1=C/C(=O)c1ccsc1. The highest BCUT2D eigenvalue weighted by Crippen LogP contribution is 2.31. The summed E-state index contributed by atoms with van der Waals surface area (Å²) in [5.74, 6) is -0.363. The maximum absolute atomic E-state index is 12.0. The maximum Gasteiger partial charge on any atom is 0.256 e. The third kappa shape index (κ3) is 1.76. The van der Waals surface area contributed by atoms with Gasteiger partial charge in [-0.05, 0) is 23.6 Å². The fourth-order valence-corrected chi connectivity index (χ4v) is 2.55. The van der Waals surface area contributed by atoms with E-state index in [1.165, 1.54) is 17.4 Å². The molecule has 0 fully saturated rings. The Labute approximate surface area is 108 Å². The number of allylic oxidation sites excluding steroid dienone is 1. The van der Waals surface area contributed by atoms with Gasteiger partial charge in [0, 0.05) is 22.2 Å². The molecule has 0 bridgehead atoms. The smallest absolute Gasteiger partial charge is 0.256 e. The quantitative estimate of drug-likeness (QED) is 0.662. The minimum atomic E-state index is -0.222. The van der Waals surface area contributed by atoms with E-state index in [0.717, 1.165) is 11.3 Å². The van der Waals surface area contributed by atoms with Crippen molar-refractivity contribution in [3.05, 3.63) is 58.3 Å². The highest BCUT2D eigenvalue weighted by Gasteiger charge is 2.24. The second-order valence-electron chi connectivity index (χ2n) is 3.93. The first kappa shape index (κ1) is 10.9. The number of ketones is 1. The van der Waals surface area contributed by atoms with Crippen molar-refractivity contribution in [1.29, 1.82) is 0 Å². The van der Waals surface area contributed by atoms with E-state index in [0.29, 0.717) is 11.1 Å². The van der Waals surface area contributed by atoms with Gasteiger partial charge in [0.2, 0.25) is 0 Å². The molecule has 3 nitrogen and oxygen atoms in total. The summed E-state index contributed by atoms with van der Waals surface area (Å²) < 4.78 is 0. The van der Waals surface area contributed by atoms with Crippen molar-refractivity contribution in [2.24, 2.45) is 0 Å². The van der Waals surface area contributed by atoms with Crippen LogP contribution in [0.1, 0.15) is 15.9 Å². The molecule has 2 heterocycles. The van der Waals surface area contributed by atoms with E-state index < -0.39 is 0 Å². The van der Waals surface area contributed by atoms with E-state index >= 15 is 0 Å². The lowest BCUT2D eigenvalue weighted by molar-refractivity contribution is -0.110. The van der Waals surface area contributed by atoms with Gasteiger partial charge in [-0.25, -0.2) is 0 Å². The minimum Gasteiger partial charge on any atom is -0.321 e. The Morgan fingerprint density at radius 3 is 2.83 bits per heavy atom. The number of nitrogens with one attached hydrogen (secondary N) is 1. The molecule has 1 aliphatic heterocycles.